The van der Waals surface area contributed by atoms with Gasteiger partial charge in [-0.2, -0.15) is 0 Å². The van der Waals surface area contributed by atoms with Gasteiger partial charge in [0.1, 0.15) is 0 Å². The van der Waals surface area contributed by atoms with Crippen molar-refractivity contribution in [2.75, 3.05) is 13.1 Å². The third-order valence-electron chi connectivity index (χ3n) is 3.32. The van der Waals surface area contributed by atoms with E-state index in [4.69, 9.17) is 0 Å². The molecule has 0 saturated heterocycles. The molecule has 0 amide bonds. The van der Waals surface area contributed by atoms with Crippen molar-refractivity contribution in [2.24, 2.45) is 0 Å². The second kappa shape index (κ2) is 4.74. The molecule has 3 heteroatoms. The van der Waals surface area contributed by atoms with Gasteiger partial charge < -0.3 is 15.5 Å². The van der Waals surface area contributed by atoms with Gasteiger partial charge in [0.15, 0.2) is 11.5 Å². The second-order valence-corrected chi connectivity index (χ2v) is 4.44. The third kappa shape index (κ3) is 2.14. The molecule has 1 aliphatic rings. The van der Waals surface area contributed by atoms with Gasteiger partial charge in [-0.3, -0.25) is 0 Å². The predicted octanol–water partition coefficient (Wildman–Crippen LogP) is 2.13. The molecule has 0 radical (unpaired) electrons. The van der Waals surface area contributed by atoms with Crippen LogP contribution in [0, 0.1) is 0 Å². The number of rotatable bonds is 3. The molecule has 1 unspecified atom stereocenters. The lowest BCUT2D eigenvalue weighted by Gasteiger charge is -2.26. The van der Waals surface area contributed by atoms with Crippen LogP contribution < -0.4 is 5.32 Å². The molecule has 0 saturated carbocycles. The first-order chi connectivity index (χ1) is 7.72. The van der Waals surface area contributed by atoms with Crippen LogP contribution in [-0.2, 0) is 6.42 Å². The zero-order valence-corrected chi connectivity index (χ0v) is 9.66. The summed E-state index contributed by atoms with van der Waals surface area (Å²) >= 11 is 0. The van der Waals surface area contributed by atoms with Crippen molar-refractivity contribution in [1.29, 1.82) is 0 Å². The van der Waals surface area contributed by atoms with Crippen LogP contribution in [0.3, 0.4) is 0 Å². The lowest BCUT2D eigenvalue weighted by atomic mass is 9.82. The minimum Gasteiger partial charge on any atom is -0.504 e. The van der Waals surface area contributed by atoms with Gasteiger partial charge in [0, 0.05) is 6.54 Å². The highest BCUT2D eigenvalue weighted by Gasteiger charge is 2.21. The summed E-state index contributed by atoms with van der Waals surface area (Å²) in [6.45, 7) is 4.02. The average molecular weight is 221 g/mol. The number of aryl methyl sites for hydroxylation is 1. The molecule has 16 heavy (non-hydrogen) atoms. The van der Waals surface area contributed by atoms with E-state index in [9.17, 15) is 10.2 Å². The SMILES string of the molecule is CCNCC1CCCc2cc(O)c(O)cc21. The fourth-order valence-electron chi connectivity index (χ4n) is 2.46. The van der Waals surface area contributed by atoms with E-state index in [1.165, 1.54) is 11.1 Å². The summed E-state index contributed by atoms with van der Waals surface area (Å²) in [5.41, 5.74) is 2.38. The predicted molar refractivity (Wildman–Crippen MR) is 64.0 cm³/mol. The Morgan fingerprint density at radius 3 is 2.81 bits per heavy atom. The van der Waals surface area contributed by atoms with E-state index in [2.05, 4.69) is 12.2 Å². The second-order valence-electron chi connectivity index (χ2n) is 4.44. The molecule has 3 N–H and O–H groups in total. The van der Waals surface area contributed by atoms with Gasteiger partial charge in [-0.1, -0.05) is 6.92 Å². The van der Waals surface area contributed by atoms with E-state index in [1.807, 2.05) is 0 Å². The monoisotopic (exact) mass is 221 g/mol. The maximum atomic E-state index is 9.55. The van der Waals surface area contributed by atoms with Gasteiger partial charge >= 0.3 is 0 Å². The maximum Gasteiger partial charge on any atom is 0.157 e. The molecule has 0 aromatic heterocycles. The minimum atomic E-state index is 0.00199. The van der Waals surface area contributed by atoms with Crippen molar-refractivity contribution < 1.29 is 10.2 Å². The minimum absolute atomic E-state index is 0.00199. The first-order valence-corrected chi connectivity index (χ1v) is 5.97. The standard InChI is InChI=1S/C13H19NO2/c1-2-14-8-10-5-3-4-9-6-12(15)13(16)7-11(9)10/h6-7,10,14-16H,2-5,8H2,1H3. The smallest absolute Gasteiger partial charge is 0.157 e. The van der Waals surface area contributed by atoms with Crippen LogP contribution in [0.2, 0.25) is 0 Å². The molecule has 1 atom stereocenters. The van der Waals surface area contributed by atoms with Crippen molar-refractivity contribution in [1.82, 2.24) is 5.32 Å². The largest absolute Gasteiger partial charge is 0.504 e. The van der Waals surface area contributed by atoms with Gasteiger partial charge in [0.05, 0.1) is 0 Å². The van der Waals surface area contributed by atoms with E-state index < -0.39 is 0 Å². The van der Waals surface area contributed by atoms with Crippen molar-refractivity contribution >= 4 is 0 Å². The normalized spacial score (nSPS) is 19.4. The van der Waals surface area contributed by atoms with E-state index in [0.29, 0.717) is 5.92 Å². The lowest BCUT2D eigenvalue weighted by molar-refractivity contribution is 0.399. The molecule has 1 aromatic rings. The Labute approximate surface area is 96.1 Å². The molecule has 0 spiro atoms. The summed E-state index contributed by atoms with van der Waals surface area (Å²) in [6.07, 6.45) is 3.32. The van der Waals surface area contributed by atoms with Crippen LogP contribution in [0.4, 0.5) is 0 Å². The van der Waals surface area contributed by atoms with Gasteiger partial charge in [-0.15, -0.1) is 0 Å². The fourth-order valence-corrected chi connectivity index (χ4v) is 2.46. The van der Waals surface area contributed by atoms with Crippen molar-refractivity contribution in [3.8, 4) is 11.5 Å². The Morgan fingerprint density at radius 2 is 2.06 bits per heavy atom. The fraction of sp³-hybridized carbons (Fsp3) is 0.538. The summed E-state index contributed by atoms with van der Waals surface area (Å²) in [5, 5.41) is 22.4. The van der Waals surface area contributed by atoms with Crippen LogP contribution in [0.1, 0.15) is 36.8 Å². The number of hydrogen-bond donors (Lipinski definition) is 3. The van der Waals surface area contributed by atoms with Gasteiger partial charge in [0.25, 0.3) is 0 Å². The highest BCUT2D eigenvalue weighted by molar-refractivity contribution is 5.47. The summed E-state index contributed by atoms with van der Waals surface area (Å²) < 4.78 is 0. The Balaban J connectivity index is 2.27. The summed E-state index contributed by atoms with van der Waals surface area (Å²) in [5.74, 6) is 0.472. The zero-order chi connectivity index (χ0) is 11.5. The van der Waals surface area contributed by atoms with Gasteiger partial charge in [-0.05, 0) is 55.0 Å². The Kier molecular flexibility index (Phi) is 3.34. The van der Waals surface area contributed by atoms with Crippen LogP contribution >= 0.6 is 0 Å². The number of likely N-dealkylation sites (N-methyl/N-ethyl adjacent to an activating group) is 1. The van der Waals surface area contributed by atoms with Crippen molar-refractivity contribution in [3.05, 3.63) is 23.3 Å². The number of hydrogen-bond acceptors (Lipinski definition) is 3. The summed E-state index contributed by atoms with van der Waals surface area (Å²) in [7, 11) is 0. The van der Waals surface area contributed by atoms with Crippen LogP contribution in [0.25, 0.3) is 0 Å². The molecule has 0 bridgehead atoms. The van der Waals surface area contributed by atoms with Crippen LogP contribution in [0.15, 0.2) is 12.1 Å². The molecule has 2 rings (SSSR count). The van der Waals surface area contributed by atoms with E-state index in [-0.39, 0.29) is 11.5 Å². The molecule has 1 aliphatic carbocycles. The lowest BCUT2D eigenvalue weighted by Crippen LogP contribution is -2.24. The highest BCUT2D eigenvalue weighted by atomic mass is 16.3. The van der Waals surface area contributed by atoms with E-state index in [0.717, 1.165) is 32.4 Å². The summed E-state index contributed by atoms with van der Waals surface area (Å²) in [4.78, 5) is 0. The topological polar surface area (TPSA) is 52.5 Å². The number of fused-ring (bicyclic) bond motifs is 1. The van der Waals surface area contributed by atoms with Crippen LogP contribution in [-0.4, -0.2) is 23.3 Å². The Bertz CT molecular complexity index is 376. The zero-order valence-electron chi connectivity index (χ0n) is 9.66. The summed E-state index contributed by atoms with van der Waals surface area (Å²) in [6, 6.07) is 3.44. The molecular weight excluding hydrogens is 202 g/mol. The molecule has 1 aromatic carbocycles. The van der Waals surface area contributed by atoms with Crippen LogP contribution in [0.5, 0.6) is 11.5 Å². The molecule has 0 fully saturated rings. The van der Waals surface area contributed by atoms with Crippen molar-refractivity contribution in [3.63, 3.8) is 0 Å². The maximum absolute atomic E-state index is 9.55. The van der Waals surface area contributed by atoms with Crippen molar-refractivity contribution in [2.45, 2.75) is 32.1 Å². The molecule has 3 nitrogen and oxygen atoms in total. The highest BCUT2D eigenvalue weighted by Crippen LogP contribution is 2.37. The first kappa shape index (κ1) is 11.3. The number of benzene rings is 1. The molecule has 0 heterocycles. The van der Waals surface area contributed by atoms with E-state index >= 15 is 0 Å². The number of phenolic OH excluding ortho intramolecular Hbond substituents is 2. The van der Waals surface area contributed by atoms with Gasteiger partial charge in [-0.25, -0.2) is 0 Å². The molecule has 88 valence electrons. The Morgan fingerprint density at radius 1 is 1.31 bits per heavy atom. The van der Waals surface area contributed by atoms with E-state index in [1.54, 1.807) is 12.1 Å². The first-order valence-electron chi connectivity index (χ1n) is 5.97. The number of nitrogens with one attached hydrogen (secondary N) is 1. The number of aromatic hydroxyl groups is 2. The quantitative estimate of drug-likeness (QED) is 0.685. The number of phenols is 2. The Hall–Kier alpha value is -1.22. The molecular formula is C13H19NO2. The average Bonchev–Trinajstić information content (AvgIpc) is 2.28. The molecule has 0 aliphatic heterocycles. The van der Waals surface area contributed by atoms with Gasteiger partial charge in [0.2, 0.25) is 0 Å². The third-order valence-corrected chi connectivity index (χ3v) is 3.32.